The first-order valence-corrected chi connectivity index (χ1v) is 9.96. The van der Waals surface area contributed by atoms with Gasteiger partial charge in [-0.3, -0.25) is 24.2 Å². The highest BCUT2D eigenvalue weighted by atomic mass is 16.2. The Morgan fingerprint density at radius 2 is 2.03 bits per heavy atom. The fraction of sp³-hybridized carbons (Fsp3) is 0.318. The zero-order valence-corrected chi connectivity index (χ0v) is 17.1. The van der Waals surface area contributed by atoms with Crippen molar-refractivity contribution in [2.75, 3.05) is 18.0 Å². The summed E-state index contributed by atoms with van der Waals surface area (Å²) in [4.78, 5) is 35.0. The molecule has 2 amide bonds. The molecule has 0 unspecified atom stereocenters. The molecule has 3 aromatic rings. The summed E-state index contributed by atoms with van der Waals surface area (Å²) < 4.78 is 1.76. The first-order chi connectivity index (χ1) is 14.5. The highest BCUT2D eigenvalue weighted by Crippen LogP contribution is 2.26. The Morgan fingerprint density at radius 3 is 2.80 bits per heavy atom. The maximum absolute atomic E-state index is 12.6. The number of anilines is 1. The molecule has 1 N–H and O–H groups in total. The predicted molar refractivity (Wildman–Crippen MR) is 113 cm³/mol. The van der Waals surface area contributed by atoms with E-state index in [1.165, 1.54) is 5.56 Å². The van der Waals surface area contributed by atoms with E-state index in [2.05, 4.69) is 20.4 Å². The maximum atomic E-state index is 12.6. The Morgan fingerprint density at radius 1 is 1.17 bits per heavy atom. The maximum Gasteiger partial charge on any atom is 0.227 e. The second-order valence-electron chi connectivity index (χ2n) is 7.52. The average Bonchev–Trinajstić information content (AvgIpc) is 3.38. The van der Waals surface area contributed by atoms with Crippen LogP contribution >= 0.6 is 0 Å². The summed E-state index contributed by atoms with van der Waals surface area (Å²) in [5.41, 5.74) is 4.61. The normalized spacial score (nSPS) is 16.1. The Bertz CT molecular complexity index is 1060. The molecule has 4 rings (SSSR count). The van der Waals surface area contributed by atoms with Crippen LogP contribution < -0.4 is 10.2 Å². The molecule has 30 heavy (non-hydrogen) atoms. The third kappa shape index (κ3) is 4.22. The SMILES string of the molecule is Cc1ccc(N2C[C@H](C(=O)NCCn3ccc(-c4cnccn4)n3)CC2=O)cc1C. The Kier molecular flexibility index (Phi) is 5.56. The van der Waals surface area contributed by atoms with Gasteiger partial charge in [-0.1, -0.05) is 6.07 Å². The van der Waals surface area contributed by atoms with E-state index in [9.17, 15) is 9.59 Å². The van der Waals surface area contributed by atoms with Gasteiger partial charge in [-0.25, -0.2) is 0 Å². The molecule has 1 aliphatic heterocycles. The van der Waals surface area contributed by atoms with Crippen molar-refractivity contribution in [3.05, 3.63) is 60.2 Å². The lowest BCUT2D eigenvalue weighted by Gasteiger charge is -2.18. The number of rotatable bonds is 6. The summed E-state index contributed by atoms with van der Waals surface area (Å²) in [5.74, 6) is -0.457. The molecule has 8 nitrogen and oxygen atoms in total. The standard InChI is InChI=1S/C22H24N6O2/c1-15-3-4-18(11-16(15)2)28-14-17(12-21(28)29)22(30)25-8-10-27-9-5-19(26-27)20-13-23-6-7-24-20/h3-7,9,11,13,17H,8,10,12,14H2,1-2H3,(H,25,30)/t17-/m1/s1. The van der Waals surface area contributed by atoms with Gasteiger partial charge in [-0.2, -0.15) is 5.10 Å². The minimum absolute atomic E-state index is 0.0147. The van der Waals surface area contributed by atoms with E-state index in [1.54, 1.807) is 28.2 Å². The molecule has 0 bridgehead atoms. The molecule has 1 aliphatic rings. The Hall–Kier alpha value is -3.55. The van der Waals surface area contributed by atoms with Gasteiger partial charge in [0.2, 0.25) is 11.8 Å². The lowest BCUT2D eigenvalue weighted by atomic mass is 10.1. The summed E-state index contributed by atoms with van der Waals surface area (Å²) in [6.45, 7) is 5.44. The van der Waals surface area contributed by atoms with E-state index in [-0.39, 0.29) is 24.2 Å². The zero-order chi connectivity index (χ0) is 21.1. The van der Waals surface area contributed by atoms with E-state index >= 15 is 0 Å². The molecular weight excluding hydrogens is 380 g/mol. The minimum atomic E-state index is -0.341. The third-order valence-electron chi connectivity index (χ3n) is 5.40. The van der Waals surface area contributed by atoms with Crippen molar-refractivity contribution in [3.8, 4) is 11.4 Å². The van der Waals surface area contributed by atoms with Crippen LogP contribution in [0.4, 0.5) is 5.69 Å². The number of hydrogen-bond acceptors (Lipinski definition) is 5. The summed E-state index contributed by atoms with van der Waals surface area (Å²) in [6.07, 6.45) is 6.98. The molecule has 1 atom stereocenters. The second kappa shape index (κ2) is 8.44. The molecule has 0 aliphatic carbocycles. The molecule has 1 aromatic carbocycles. The lowest BCUT2D eigenvalue weighted by Crippen LogP contribution is -2.34. The molecular formula is C22H24N6O2. The second-order valence-corrected chi connectivity index (χ2v) is 7.52. The monoisotopic (exact) mass is 404 g/mol. The Balaban J connectivity index is 1.30. The largest absolute Gasteiger partial charge is 0.354 e. The van der Waals surface area contributed by atoms with Crippen LogP contribution in [0.25, 0.3) is 11.4 Å². The van der Waals surface area contributed by atoms with Crippen molar-refractivity contribution >= 4 is 17.5 Å². The number of nitrogens with zero attached hydrogens (tertiary/aromatic N) is 5. The van der Waals surface area contributed by atoms with Crippen LogP contribution in [0.3, 0.4) is 0 Å². The zero-order valence-electron chi connectivity index (χ0n) is 17.1. The fourth-order valence-corrected chi connectivity index (χ4v) is 3.52. The molecule has 8 heteroatoms. The molecule has 0 spiro atoms. The van der Waals surface area contributed by atoms with Crippen LogP contribution in [0.5, 0.6) is 0 Å². The molecule has 1 saturated heterocycles. The molecule has 0 saturated carbocycles. The summed E-state index contributed by atoms with van der Waals surface area (Å²) >= 11 is 0. The van der Waals surface area contributed by atoms with Crippen molar-refractivity contribution in [2.24, 2.45) is 5.92 Å². The van der Waals surface area contributed by atoms with Gasteiger partial charge in [-0.05, 0) is 43.2 Å². The van der Waals surface area contributed by atoms with Crippen LogP contribution in [0, 0.1) is 19.8 Å². The highest BCUT2D eigenvalue weighted by molar-refractivity contribution is 6.00. The molecule has 154 valence electrons. The summed E-state index contributed by atoms with van der Waals surface area (Å²) in [5, 5.41) is 7.38. The van der Waals surface area contributed by atoms with Crippen LogP contribution in [0.15, 0.2) is 49.1 Å². The number of hydrogen-bond donors (Lipinski definition) is 1. The van der Waals surface area contributed by atoms with Gasteiger partial charge in [-0.15, -0.1) is 0 Å². The molecule has 3 heterocycles. The first kappa shape index (κ1) is 19.8. The van der Waals surface area contributed by atoms with Crippen molar-refractivity contribution < 1.29 is 9.59 Å². The number of aryl methyl sites for hydroxylation is 2. The number of carbonyl (C=O) groups is 2. The van der Waals surface area contributed by atoms with Crippen molar-refractivity contribution in [1.82, 2.24) is 25.1 Å². The topological polar surface area (TPSA) is 93.0 Å². The molecule has 2 aromatic heterocycles. The van der Waals surface area contributed by atoms with Gasteiger partial charge in [0.25, 0.3) is 0 Å². The average molecular weight is 404 g/mol. The highest BCUT2D eigenvalue weighted by Gasteiger charge is 2.35. The van der Waals surface area contributed by atoms with E-state index < -0.39 is 0 Å². The lowest BCUT2D eigenvalue weighted by molar-refractivity contribution is -0.126. The van der Waals surface area contributed by atoms with Crippen molar-refractivity contribution in [2.45, 2.75) is 26.8 Å². The molecule has 1 fully saturated rings. The number of carbonyl (C=O) groups excluding carboxylic acids is 2. The molecule has 0 radical (unpaired) electrons. The number of aromatic nitrogens is 4. The summed E-state index contributed by atoms with van der Waals surface area (Å²) in [6, 6.07) is 7.81. The van der Waals surface area contributed by atoms with E-state index in [1.807, 2.05) is 44.3 Å². The Labute approximate surface area is 175 Å². The van der Waals surface area contributed by atoms with E-state index in [0.717, 1.165) is 16.9 Å². The van der Waals surface area contributed by atoms with Crippen molar-refractivity contribution in [3.63, 3.8) is 0 Å². The third-order valence-corrected chi connectivity index (χ3v) is 5.40. The van der Waals surface area contributed by atoms with Gasteiger partial charge in [0.15, 0.2) is 0 Å². The number of benzene rings is 1. The summed E-state index contributed by atoms with van der Waals surface area (Å²) in [7, 11) is 0. The van der Waals surface area contributed by atoms with Crippen molar-refractivity contribution in [1.29, 1.82) is 0 Å². The fourth-order valence-electron chi connectivity index (χ4n) is 3.52. The van der Waals surface area contributed by atoms with Gasteiger partial charge in [0.05, 0.1) is 18.7 Å². The van der Waals surface area contributed by atoms with Gasteiger partial charge in [0, 0.05) is 43.8 Å². The van der Waals surface area contributed by atoms with Gasteiger partial charge < -0.3 is 10.2 Å². The van der Waals surface area contributed by atoms with E-state index in [4.69, 9.17) is 0 Å². The quantitative estimate of drug-likeness (QED) is 0.679. The smallest absolute Gasteiger partial charge is 0.227 e. The number of amides is 2. The van der Waals surface area contributed by atoms with Gasteiger partial charge in [0.1, 0.15) is 11.4 Å². The minimum Gasteiger partial charge on any atom is -0.354 e. The first-order valence-electron chi connectivity index (χ1n) is 9.96. The van der Waals surface area contributed by atoms with Crippen LogP contribution in [0.1, 0.15) is 17.5 Å². The van der Waals surface area contributed by atoms with Crippen LogP contribution in [0.2, 0.25) is 0 Å². The van der Waals surface area contributed by atoms with Gasteiger partial charge >= 0.3 is 0 Å². The predicted octanol–water partition coefficient (Wildman–Crippen LogP) is 2.13. The number of nitrogens with one attached hydrogen (secondary N) is 1. The van der Waals surface area contributed by atoms with E-state index in [0.29, 0.717) is 25.3 Å². The van der Waals surface area contributed by atoms with Crippen LogP contribution in [-0.4, -0.2) is 44.7 Å². The van der Waals surface area contributed by atoms with Crippen LogP contribution in [-0.2, 0) is 16.1 Å².